The summed E-state index contributed by atoms with van der Waals surface area (Å²) >= 11 is 2.24. The first-order chi connectivity index (χ1) is 9.60. The molecule has 2 rings (SSSR count). The molecule has 1 aliphatic heterocycles. The number of hydrogen-bond donors (Lipinski definition) is 1. The van der Waals surface area contributed by atoms with Crippen LogP contribution in [-0.4, -0.2) is 36.5 Å². The molecule has 20 heavy (non-hydrogen) atoms. The van der Waals surface area contributed by atoms with Gasteiger partial charge in [-0.15, -0.1) is 0 Å². The lowest BCUT2D eigenvalue weighted by Crippen LogP contribution is -2.50. The molecule has 4 nitrogen and oxygen atoms in total. The highest BCUT2D eigenvalue weighted by Crippen LogP contribution is 2.22. The number of ether oxygens (including phenoxy) is 1. The van der Waals surface area contributed by atoms with Gasteiger partial charge in [-0.25, -0.2) is 0 Å². The van der Waals surface area contributed by atoms with Gasteiger partial charge in [0.15, 0.2) is 6.61 Å². The topological polar surface area (TPSA) is 55.6 Å². The molecular formula is C15H21IN2O2. The highest BCUT2D eigenvalue weighted by atomic mass is 127. The normalized spacial score (nSPS) is 22.6. The van der Waals surface area contributed by atoms with Gasteiger partial charge in [0.2, 0.25) is 0 Å². The van der Waals surface area contributed by atoms with E-state index < -0.39 is 0 Å². The van der Waals surface area contributed by atoms with Crippen LogP contribution < -0.4 is 10.5 Å². The van der Waals surface area contributed by atoms with Gasteiger partial charge in [-0.2, -0.15) is 0 Å². The minimum atomic E-state index is 0.0332. The Labute approximate surface area is 133 Å². The molecule has 1 saturated heterocycles. The van der Waals surface area contributed by atoms with Crippen LogP contribution in [0, 0.1) is 9.49 Å². The third kappa shape index (κ3) is 4.09. The molecule has 2 unspecified atom stereocenters. The van der Waals surface area contributed by atoms with Crippen molar-refractivity contribution in [2.24, 2.45) is 11.7 Å². The first kappa shape index (κ1) is 15.6. The van der Waals surface area contributed by atoms with Crippen LogP contribution in [0.5, 0.6) is 5.75 Å². The maximum Gasteiger partial charge on any atom is 0.260 e. The van der Waals surface area contributed by atoms with Crippen LogP contribution in [0.25, 0.3) is 0 Å². The van der Waals surface area contributed by atoms with Gasteiger partial charge in [0.25, 0.3) is 5.91 Å². The minimum Gasteiger partial charge on any atom is -0.484 e. The fourth-order valence-corrected chi connectivity index (χ4v) is 2.92. The van der Waals surface area contributed by atoms with Crippen LogP contribution in [0.2, 0.25) is 0 Å². The Morgan fingerprint density at radius 2 is 2.15 bits per heavy atom. The fourth-order valence-electron chi connectivity index (χ4n) is 2.56. The van der Waals surface area contributed by atoms with E-state index in [1.807, 2.05) is 29.2 Å². The molecule has 0 radical (unpaired) electrons. The zero-order valence-electron chi connectivity index (χ0n) is 11.7. The monoisotopic (exact) mass is 388 g/mol. The van der Waals surface area contributed by atoms with Crippen LogP contribution >= 0.6 is 22.6 Å². The maximum atomic E-state index is 12.3. The zero-order valence-corrected chi connectivity index (χ0v) is 13.9. The van der Waals surface area contributed by atoms with Gasteiger partial charge in [0.05, 0.1) is 0 Å². The van der Waals surface area contributed by atoms with Gasteiger partial charge in [-0.1, -0.05) is 6.92 Å². The highest BCUT2D eigenvalue weighted by molar-refractivity contribution is 14.1. The van der Waals surface area contributed by atoms with E-state index in [2.05, 4.69) is 29.5 Å². The van der Waals surface area contributed by atoms with E-state index in [1.165, 1.54) is 0 Å². The van der Waals surface area contributed by atoms with E-state index in [0.717, 1.165) is 28.7 Å². The fraction of sp³-hybridized carbons (Fsp3) is 0.533. The summed E-state index contributed by atoms with van der Waals surface area (Å²) < 4.78 is 6.71. The molecule has 1 aliphatic rings. The van der Waals surface area contributed by atoms with Crippen molar-refractivity contribution in [1.82, 2.24) is 4.90 Å². The summed E-state index contributed by atoms with van der Waals surface area (Å²) in [6, 6.07) is 7.85. The van der Waals surface area contributed by atoms with Crippen molar-refractivity contribution < 1.29 is 9.53 Å². The van der Waals surface area contributed by atoms with Gasteiger partial charge < -0.3 is 15.4 Å². The van der Waals surface area contributed by atoms with Crippen molar-refractivity contribution in [2.45, 2.75) is 25.8 Å². The Morgan fingerprint density at radius 1 is 1.45 bits per heavy atom. The Hall–Kier alpha value is -0.820. The second kappa shape index (κ2) is 7.26. The summed E-state index contributed by atoms with van der Waals surface area (Å²) in [6.45, 7) is 3.62. The van der Waals surface area contributed by atoms with Gasteiger partial charge in [-0.3, -0.25) is 4.79 Å². The number of rotatable bonds is 4. The molecular weight excluding hydrogens is 367 g/mol. The molecule has 0 aliphatic carbocycles. The average Bonchev–Trinajstić information content (AvgIpc) is 2.46. The summed E-state index contributed by atoms with van der Waals surface area (Å²) in [5.74, 6) is 1.41. The lowest BCUT2D eigenvalue weighted by Gasteiger charge is -2.37. The van der Waals surface area contributed by atoms with E-state index >= 15 is 0 Å². The van der Waals surface area contributed by atoms with Gasteiger partial charge in [0, 0.05) is 22.7 Å². The molecule has 110 valence electrons. The highest BCUT2D eigenvalue weighted by Gasteiger charge is 2.28. The SMILES string of the molecule is CC1CCN(C(=O)COc2ccc(I)cc2)C(CN)C1. The maximum absolute atomic E-state index is 12.3. The quantitative estimate of drug-likeness (QED) is 0.806. The van der Waals surface area contributed by atoms with E-state index in [4.69, 9.17) is 10.5 Å². The van der Waals surface area contributed by atoms with Crippen molar-refractivity contribution in [2.75, 3.05) is 19.7 Å². The summed E-state index contributed by atoms with van der Waals surface area (Å²) in [5, 5.41) is 0. The average molecular weight is 388 g/mol. The third-order valence-corrected chi connectivity index (χ3v) is 4.47. The number of hydrogen-bond acceptors (Lipinski definition) is 3. The minimum absolute atomic E-state index is 0.0332. The number of nitrogens with zero attached hydrogens (tertiary/aromatic N) is 1. The van der Waals surface area contributed by atoms with Crippen molar-refractivity contribution in [3.63, 3.8) is 0 Å². The number of likely N-dealkylation sites (tertiary alicyclic amines) is 1. The van der Waals surface area contributed by atoms with Crippen LogP contribution in [0.3, 0.4) is 0 Å². The van der Waals surface area contributed by atoms with Crippen molar-refractivity contribution in [3.8, 4) is 5.75 Å². The second-order valence-electron chi connectivity index (χ2n) is 5.35. The number of amides is 1. The Kier molecular flexibility index (Phi) is 5.65. The molecule has 0 bridgehead atoms. The van der Waals surface area contributed by atoms with Gasteiger partial charge in [-0.05, 0) is 65.6 Å². The van der Waals surface area contributed by atoms with Crippen LogP contribution in [0.1, 0.15) is 19.8 Å². The number of nitrogens with two attached hydrogens (primary N) is 1. The molecule has 0 saturated carbocycles. The molecule has 1 fully saturated rings. The second-order valence-corrected chi connectivity index (χ2v) is 6.59. The van der Waals surface area contributed by atoms with E-state index in [-0.39, 0.29) is 18.6 Å². The summed E-state index contributed by atoms with van der Waals surface area (Å²) in [4.78, 5) is 14.1. The molecule has 2 atom stereocenters. The van der Waals surface area contributed by atoms with Crippen molar-refractivity contribution >= 4 is 28.5 Å². The smallest absolute Gasteiger partial charge is 0.260 e. The first-order valence-electron chi connectivity index (χ1n) is 6.98. The number of carbonyl (C=O) groups is 1. The molecule has 1 aromatic carbocycles. The Balaban J connectivity index is 1.89. The van der Waals surface area contributed by atoms with Crippen molar-refractivity contribution in [1.29, 1.82) is 0 Å². The predicted molar refractivity (Wildman–Crippen MR) is 87.6 cm³/mol. The Morgan fingerprint density at radius 3 is 2.80 bits per heavy atom. The predicted octanol–water partition coefficient (Wildman–Crippen LogP) is 2.26. The summed E-state index contributed by atoms with van der Waals surface area (Å²) in [7, 11) is 0. The molecule has 1 amide bonds. The Bertz CT molecular complexity index is 450. The number of carbonyl (C=O) groups excluding carboxylic acids is 1. The lowest BCUT2D eigenvalue weighted by atomic mass is 9.92. The molecule has 2 N–H and O–H groups in total. The largest absolute Gasteiger partial charge is 0.484 e. The number of benzene rings is 1. The van der Waals surface area contributed by atoms with E-state index in [0.29, 0.717) is 12.5 Å². The van der Waals surface area contributed by atoms with Crippen LogP contribution in [0.4, 0.5) is 0 Å². The van der Waals surface area contributed by atoms with Crippen LogP contribution in [0.15, 0.2) is 24.3 Å². The molecule has 0 aromatic heterocycles. The van der Waals surface area contributed by atoms with Crippen LogP contribution in [-0.2, 0) is 4.79 Å². The molecule has 5 heteroatoms. The van der Waals surface area contributed by atoms with Gasteiger partial charge >= 0.3 is 0 Å². The third-order valence-electron chi connectivity index (χ3n) is 3.75. The molecule has 1 aromatic rings. The van der Waals surface area contributed by atoms with Gasteiger partial charge in [0.1, 0.15) is 5.75 Å². The summed E-state index contributed by atoms with van der Waals surface area (Å²) in [6.07, 6.45) is 2.04. The van der Waals surface area contributed by atoms with Crippen molar-refractivity contribution in [3.05, 3.63) is 27.8 Å². The van der Waals surface area contributed by atoms with E-state index in [9.17, 15) is 4.79 Å². The summed E-state index contributed by atoms with van der Waals surface area (Å²) in [5.41, 5.74) is 5.78. The lowest BCUT2D eigenvalue weighted by molar-refractivity contribution is -0.137. The molecule has 0 spiro atoms. The molecule has 1 heterocycles. The standard InChI is InChI=1S/C15H21IN2O2/c1-11-6-7-18(13(8-11)9-17)15(19)10-20-14-4-2-12(16)3-5-14/h2-5,11,13H,6-10,17H2,1H3. The zero-order chi connectivity index (χ0) is 14.5. The first-order valence-corrected chi connectivity index (χ1v) is 8.06. The van der Waals surface area contributed by atoms with E-state index in [1.54, 1.807) is 0 Å². The number of piperidine rings is 1. The number of halogens is 1.